The Morgan fingerprint density at radius 3 is 2.89 bits per heavy atom. The SMILES string of the molecule is COCc1nc(N)cc(NC2CCS(=O)CC2)n1. The molecule has 1 saturated heterocycles. The van der Waals surface area contributed by atoms with E-state index in [9.17, 15) is 4.21 Å². The van der Waals surface area contributed by atoms with Gasteiger partial charge in [0.1, 0.15) is 18.2 Å². The van der Waals surface area contributed by atoms with Gasteiger partial charge in [0, 0.05) is 41.5 Å². The number of rotatable bonds is 4. The minimum absolute atomic E-state index is 0.312. The molecule has 0 spiro atoms. The molecule has 100 valence electrons. The van der Waals surface area contributed by atoms with Gasteiger partial charge in [0.2, 0.25) is 0 Å². The van der Waals surface area contributed by atoms with Crippen molar-refractivity contribution in [3.63, 3.8) is 0 Å². The monoisotopic (exact) mass is 270 g/mol. The Balaban J connectivity index is 2.02. The van der Waals surface area contributed by atoms with E-state index < -0.39 is 10.8 Å². The molecule has 0 saturated carbocycles. The second-order valence-corrected chi connectivity index (χ2v) is 5.99. The number of anilines is 2. The summed E-state index contributed by atoms with van der Waals surface area (Å²) < 4.78 is 16.3. The van der Waals surface area contributed by atoms with Crippen molar-refractivity contribution in [2.24, 2.45) is 0 Å². The Kier molecular flexibility index (Phi) is 4.48. The number of nitrogens with one attached hydrogen (secondary N) is 1. The Hall–Kier alpha value is -1.21. The van der Waals surface area contributed by atoms with E-state index in [0.717, 1.165) is 24.3 Å². The van der Waals surface area contributed by atoms with Crippen molar-refractivity contribution in [3.05, 3.63) is 11.9 Å². The molecule has 1 fully saturated rings. The van der Waals surface area contributed by atoms with Crippen LogP contribution in [0.25, 0.3) is 0 Å². The van der Waals surface area contributed by atoms with Gasteiger partial charge in [0.15, 0.2) is 5.82 Å². The maximum Gasteiger partial charge on any atom is 0.158 e. The van der Waals surface area contributed by atoms with E-state index in [-0.39, 0.29) is 0 Å². The molecular weight excluding hydrogens is 252 g/mol. The summed E-state index contributed by atoms with van der Waals surface area (Å²) in [5.74, 6) is 3.22. The van der Waals surface area contributed by atoms with E-state index >= 15 is 0 Å². The van der Waals surface area contributed by atoms with Crippen LogP contribution in [0.5, 0.6) is 0 Å². The average Bonchev–Trinajstić information content (AvgIpc) is 2.32. The molecular formula is C11H18N4O2S. The normalized spacial score (nSPS) is 23.8. The number of aromatic nitrogens is 2. The highest BCUT2D eigenvalue weighted by atomic mass is 32.2. The van der Waals surface area contributed by atoms with Crippen LogP contribution >= 0.6 is 0 Å². The van der Waals surface area contributed by atoms with E-state index in [1.807, 2.05) is 0 Å². The lowest BCUT2D eigenvalue weighted by Crippen LogP contribution is -2.29. The number of hydrogen-bond donors (Lipinski definition) is 2. The highest BCUT2D eigenvalue weighted by Gasteiger charge is 2.18. The van der Waals surface area contributed by atoms with Crippen LogP contribution in [0.2, 0.25) is 0 Å². The van der Waals surface area contributed by atoms with Crippen LogP contribution in [0.1, 0.15) is 18.7 Å². The van der Waals surface area contributed by atoms with Crippen LogP contribution in [-0.4, -0.2) is 38.8 Å². The minimum atomic E-state index is -0.648. The zero-order valence-corrected chi connectivity index (χ0v) is 11.2. The van der Waals surface area contributed by atoms with Gasteiger partial charge < -0.3 is 15.8 Å². The molecule has 18 heavy (non-hydrogen) atoms. The maximum atomic E-state index is 11.3. The third-order valence-corrected chi connectivity index (χ3v) is 4.19. The van der Waals surface area contributed by atoms with Gasteiger partial charge >= 0.3 is 0 Å². The van der Waals surface area contributed by atoms with E-state index in [1.54, 1.807) is 13.2 Å². The predicted octanol–water partition coefficient (Wildman–Crippen LogP) is 0.528. The molecule has 0 radical (unpaired) electrons. The van der Waals surface area contributed by atoms with Gasteiger partial charge in [0.25, 0.3) is 0 Å². The van der Waals surface area contributed by atoms with Crippen LogP contribution in [0.4, 0.5) is 11.6 Å². The van der Waals surface area contributed by atoms with Crippen molar-refractivity contribution in [3.8, 4) is 0 Å². The molecule has 1 aromatic heterocycles. The van der Waals surface area contributed by atoms with Crippen molar-refractivity contribution in [1.29, 1.82) is 0 Å². The van der Waals surface area contributed by atoms with Gasteiger partial charge in [-0.1, -0.05) is 0 Å². The quantitative estimate of drug-likeness (QED) is 0.829. The summed E-state index contributed by atoms with van der Waals surface area (Å²) >= 11 is 0. The maximum absolute atomic E-state index is 11.3. The molecule has 0 unspecified atom stereocenters. The molecule has 0 aromatic carbocycles. The van der Waals surface area contributed by atoms with Crippen LogP contribution in [-0.2, 0) is 22.1 Å². The van der Waals surface area contributed by atoms with Crippen LogP contribution in [0.3, 0.4) is 0 Å². The summed E-state index contributed by atoms with van der Waals surface area (Å²) in [6, 6.07) is 2.03. The summed E-state index contributed by atoms with van der Waals surface area (Å²) in [6.07, 6.45) is 1.80. The fraction of sp³-hybridized carbons (Fsp3) is 0.636. The highest BCUT2D eigenvalue weighted by Crippen LogP contribution is 2.16. The zero-order valence-electron chi connectivity index (χ0n) is 10.4. The minimum Gasteiger partial charge on any atom is -0.384 e. The second-order valence-electron chi connectivity index (χ2n) is 4.29. The number of nitrogen functional groups attached to an aromatic ring is 1. The van der Waals surface area contributed by atoms with Gasteiger partial charge in [-0.05, 0) is 12.8 Å². The number of nitrogens with two attached hydrogens (primary N) is 1. The van der Waals surface area contributed by atoms with E-state index in [4.69, 9.17) is 10.5 Å². The topological polar surface area (TPSA) is 90.1 Å². The van der Waals surface area contributed by atoms with Crippen molar-refractivity contribution in [2.45, 2.75) is 25.5 Å². The van der Waals surface area contributed by atoms with Gasteiger partial charge in [0.05, 0.1) is 0 Å². The van der Waals surface area contributed by atoms with Gasteiger partial charge in [-0.2, -0.15) is 0 Å². The van der Waals surface area contributed by atoms with Gasteiger partial charge in [-0.25, -0.2) is 9.97 Å². The first-order valence-electron chi connectivity index (χ1n) is 5.91. The fourth-order valence-electron chi connectivity index (χ4n) is 1.93. The molecule has 7 heteroatoms. The largest absolute Gasteiger partial charge is 0.384 e. The number of hydrogen-bond acceptors (Lipinski definition) is 6. The molecule has 0 bridgehead atoms. The lowest BCUT2D eigenvalue weighted by Gasteiger charge is -2.23. The Morgan fingerprint density at radius 1 is 1.50 bits per heavy atom. The van der Waals surface area contributed by atoms with Crippen LogP contribution in [0.15, 0.2) is 6.07 Å². The molecule has 6 nitrogen and oxygen atoms in total. The zero-order chi connectivity index (χ0) is 13.0. The fourth-order valence-corrected chi connectivity index (χ4v) is 3.23. The lowest BCUT2D eigenvalue weighted by atomic mass is 10.1. The lowest BCUT2D eigenvalue weighted by molar-refractivity contribution is 0.178. The van der Waals surface area contributed by atoms with E-state index in [1.165, 1.54) is 0 Å². The first kappa shape index (κ1) is 13.2. The van der Waals surface area contributed by atoms with Crippen molar-refractivity contribution in [1.82, 2.24) is 9.97 Å². The number of nitrogens with zero attached hydrogens (tertiary/aromatic N) is 2. The van der Waals surface area contributed by atoms with Crippen LogP contribution in [0, 0.1) is 0 Å². The third-order valence-electron chi connectivity index (χ3n) is 2.81. The van der Waals surface area contributed by atoms with Crippen molar-refractivity contribution >= 4 is 22.4 Å². The van der Waals surface area contributed by atoms with Gasteiger partial charge in [-0.3, -0.25) is 4.21 Å². The van der Waals surface area contributed by atoms with E-state index in [2.05, 4.69) is 15.3 Å². The first-order chi connectivity index (χ1) is 8.67. The molecule has 1 aromatic rings. The smallest absolute Gasteiger partial charge is 0.158 e. The summed E-state index contributed by atoms with van der Waals surface area (Å²) in [4.78, 5) is 8.42. The molecule has 2 rings (SSSR count). The number of ether oxygens (including phenoxy) is 1. The van der Waals surface area contributed by atoms with Crippen LogP contribution < -0.4 is 11.1 Å². The highest BCUT2D eigenvalue weighted by molar-refractivity contribution is 7.85. The molecule has 1 aliphatic heterocycles. The summed E-state index contributed by atoms with van der Waals surface area (Å²) in [6.45, 7) is 0.342. The Labute approximate surface area is 109 Å². The molecule has 1 aliphatic rings. The van der Waals surface area contributed by atoms with Crippen molar-refractivity contribution < 1.29 is 8.95 Å². The summed E-state index contributed by atoms with van der Waals surface area (Å²) in [5, 5.41) is 3.32. The average molecular weight is 270 g/mol. The Morgan fingerprint density at radius 2 is 2.22 bits per heavy atom. The summed E-state index contributed by atoms with van der Waals surface area (Å²) in [5.41, 5.74) is 5.72. The van der Waals surface area contributed by atoms with Crippen molar-refractivity contribution in [2.75, 3.05) is 29.7 Å². The molecule has 0 aliphatic carbocycles. The molecule has 0 amide bonds. The number of methoxy groups -OCH3 is 1. The first-order valence-corrected chi connectivity index (χ1v) is 7.40. The van der Waals surface area contributed by atoms with E-state index in [0.29, 0.717) is 30.1 Å². The second kappa shape index (κ2) is 6.10. The molecule has 0 atom stereocenters. The van der Waals surface area contributed by atoms with Gasteiger partial charge in [-0.15, -0.1) is 0 Å². The predicted molar refractivity (Wildman–Crippen MR) is 71.7 cm³/mol. The summed E-state index contributed by atoms with van der Waals surface area (Å²) in [7, 11) is 0.945. The Bertz CT molecular complexity index is 431. The molecule has 3 N–H and O–H groups in total. The third kappa shape index (κ3) is 3.64. The molecule has 2 heterocycles. The standard InChI is InChI=1S/C11H18N4O2S/c1-17-7-11-14-9(12)6-10(15-11)13-8-2-4-18(16)5-3-8/h6,8H,2-5,7H2,1H3,(H3,12,13,14,15).